The zero-order valence-corrected chi connectivity index (χ0v) is 14.4. The van der Waals surface area contributed by atoms with Crippen molar-refractivity contribution in [3.8, 4) is 17.2 Å². The van der Waals surface area contributed by atoms with Crippen molar-refractivity contribution in [1.29, 1.82) is 0 Å². The molecule has 2 rings (SSSR count). The van der Waals surface area contributed by atoms with Gasteiger partial charge in [-0.2, -0.15) is 0 Å². The van der Waals surface area contributed by atoms with Gasteiger partial charge in [-0.15, -0.1) is 0 Å². The SMILES string of the molecule is COC(=O)c1cc(Oc2ccc(CC(N)=O)cc2)cc(OC(C)C)c1. The molecule has 0 spiro atoms. The average molecular weight is 343 g/mol. The summed E-state index contributed by atoms with van der Waals surface area (Å²) in [6.07, 6.45) is 0.124. The second kappa shape index (κ2) is 8.19. The number of rotatable bonds is 7. The summed E-state index contributed by atoms with van der Waals surface area (Å²) in [5.74, 6) is 0.649. The Morgan fingerprint density at radius 2 is 1.64 bits per heavy atom. The van der Waals surface area contributed by atoms with E-state index in [9.17, 15) is 9.59 Å². The lowest BCUT2D eigenvalue weighted by Gasteiger charge is -2.13. The van der Waals surface area contributed by atoms with Crippen LogP contribution in [0.15, 0.2) is 42.5 Å². The first-order valence-corrected chi connectivity index (χ1v) is 7.82. The van der Waals surface area contributed by atoms with Gasteiger partial charge in [-0.25, -0.2) is 4.79 Å². The van der Waals surface area contributed by atoms with Crippen LogP contribution in [0.3, 0.4) is 0 Å². The smallest absolute Gasteiger partial charge is 0.338 e. The zero-order valence-electron chi connectivity index (χ0n) is 14.4. The fourth-order valence-corrected chi connectivity index (χ4v) is 2.22. The van der Waals surface area contributed by atoms with Crippen molar-refractivity contribution in [2.75, 3.05) is 7.11 Å². The van der Waals surface area contributed by atoms with Crippen LogP contribution in [0.25, 0.3) is 0 Å². The van der Waals surface area contributed by atoms with Crippen LogP contribution in [0.4, 0.5) is 0 Å². The third kappa shape index (κ3) is 5.53. The van der Waals surface area contributed by atoms with Gasteiger partial charge in [0.1, 0.15) is 17.2 Å². The third-order valence-electron chi connectivity index (χ3n) is 3.21. The van der Waals surface area contributed by atoms with E-state index in [2.05, 4.69) is 0 Å². The molecule has 0 saturated carbocycles. The number of benzene rings is 2. The van der Waals surface area contributed by atoms with E-state index in [1.165, 1.54) is 7.11 Å². The standard InChI is InChI=1S/C19H21NO5/c1-12(2)24-16-9-14(19(22)23-3)10-17(11-16)25-15-6-4-13(5-7-15)8-18(20)21/h4-7,9-12H,8H2,1-3H3,(H2,20,21). The average Bonchev–Trinajstić information content (AvgIpc) is 2.54. The Balaban J connectivity index is 2.24. The lowest BCUT2D eigenvalue weighted by molar-refractivity contribution is -0.117. The number of hydrogen-bond acceptors (Lipinski definition) is 5. The highest BCUT2D eigenvalue weighted by Crippen LogP contribution is 2.28. The number of esters is 1. The maximum absolute atomic E-state index is 11.8. The van der Waals surface area contributed by atoms with E-state index in [0.29, 0.717) is 22.8 Å². The largest absolute Gasteiger partial charge is 0.491 e. The van der Waals surface area contributed by atoms with Crippen molar-refractivity contribution >= 4 is 11.9 Å². The molecule has 0 aliphatic carbocycles. The number of hydrogen-bond donors (Lipinski definition) is 1. The van der Waals surface area contributed by atoms with Gasteiger partial charge < -0.3 is 19.9 Å². The molecular weight excluding hydrogens is 322 g/mol. The maximum Gasteiger partial charge on any atom is 0.338 e. The molecule has 0 saturated heterocycles. The highest BCUT2D eigenvalue weighted by molar-refractivity contribution is 5.90. The first-order chi connectivity index (χ1) is 11.9. The minimum absolute atomic E-state index is 0.0474. The molecule has 0 aromatic heterocycles. The summed E-state index contributed by atoms with van der Waals surface area (Å²) < 4.78 is 16.2. The van der Waals surface area contributed by atoms with Crippen LogP contribution in [0.2, 0.25) is 0 Å². The first kappa shape index (κ1) is 18.3. The summed E-state index contributed by atoms with van der Waals surface area (Å²) >= 11 is 0. The predicted molar refractivity (Wildman–Crippen MR) is 93.0 cm³/mol. The minimum atomic E-state index is -0.476. The molecule has 132 valence electrons. The fourth-order valence-electron chi connectivity index (χ4n) is 2.22. The van der Waals surface area contributed by atoms with Gasteiger partial charge in [-0.1, -0.05) is 12.1 Å². The number of methoxy groups -OCH3 is 1. The maximum atomic E-state index is 11.8. The van der Waals surface area contributed by atoms with Crippen molar-refractivity contribution in [3.63, 3.8) is 0 Å². The molecule has 2 aromatic carbocycles. The summed E-state index contributed by atoms with van der Waals surface area (Å²) in [4.78, 5) is 22.8. The molecule has 1 amide bonds. The Bertz CT molecular complexity index is 753. The predicted octanol–water partition coefficient (Wildman–Crippen LogP) is 3.08. The molecule has 6 heteroatoms. The summed E-state index contributed by atoms with van der Waals surface area (Å²) in [6, 6.07) is 11.9. The van der Waals surface area contributed by atoms with Crippen molar-refractivity contribution in [3.05, 3.63) is 53.6 Å². The van der Waals surface area contributed by atoms with E-state index in [1.807, 2.05) is 13.8 Å². The number of nitrogens with two attached hydrogens (primary N) is 1. The molecule has 0 aliphatic rings. The second-order valence-electron chi connectivity index (χ2n) is 5.74. The molecule has 0 fully saturated rings. The van der Waals surface area contributed by atoms with Gasteiger partial charge in [0.15, 0.2) is 0 Å². The van der Waals surface area contributed by atoms with Gasteiger partial charge in [-0.05, 0) is 43.7 Å². The highest BCUT2D eigenvalue weighted by atomic mass is 16.5. The Morgan fingerprint density at radius 1 is 1.00 bits per heavy atom. The van der Waals surface area contributed by atoms with E-state index in [0.717, 1.165) is 5.56 Å². The number of amides is 1. The van der Waals surface area contributed by atoms with Crippen LogP contribution in [-0.4, -0.2) is 25.1 Å². The fraction of sp³-hybridized carbons (Fsp3) is 0.263. The molecule has 0 radical (unpaired) electrons. The van der Waals surface area contributed by atoms with Crippen LogP contribution >= 0.6 is 0 Å². The van der Waals surface area contributed by atoms with Gasteiger partial charge in [0.25, 0.3) is 0 Å². The van der Waals surface area contributed by atoms with Gasteiger partial charge in [0, 0.05) is 6.07 Å². The lowest BCUT2D eigenvalue weighted by atomic mass is 10.1. The number of ether oxygens (including phenoxy) is 3. The number of primary amides is 1. The third-order valence-corrected chi connectivity index (χ3v) is 3.21. The molecule has 2 N–H and O–H groups in total. The van der Waals surface area contributed by atoms with Crippen LogP contribution in [-0.2, 0) is 16.0 Å². The second-order valence-corrected chi connectivity index (χ2v) is 5.74. The molecule has 0 aliphatic heterocycles. The van der Waals surface area contributed by atoms with Gasteiger partial charge in [0.05, 0.1) is 25.2 Å². The zero-order chi connectivity index (χ0) is 18.4. The summed E-state index contributed by atoms with van der Waals surface area (Å²) in [5.41, 5.74) is 6.31. The van der Waals surface area contributed by atoms with Gasteiger partial charge >= 0.3 is 5.97 Å². The monoisotopic (exact) mass is 343 g/mol. The number of carbonyl (C=O) groups excluding carboxylic acids is 2. The molecule has 6 nitrogen and oxygen atoms in total. The van der Waals surface area contributed by atoms with Crippen molar-refractivity contribution in [2.45, 2.75) is 26.4 Å². The van der Waals surface area contributed by atoms with E-state index < -0.39 is 11.9 Å². The number of carbonyl (C=O) groups is 2. The van der Waals surface area contributed by atoms with Crippen molar-refractivity contribution < 1.29 is 23.8 Å². The quantitative estimate of drug-likeness (QED) is 0.781. The molecule has 25 heavy (non-hydrogen) atoms. The summed E-state index contributed by atoms with van der Waals surface area (Å²) in [7, 11) is 1.32. The van der Waals surface area contributed by atoms with E-state index in [-0.39, 0.29) is 12.5 Å². The van der Waals surface area contributed by atoms with Crippen LogP contribution in [0.1, 0.15) is 29.8 Å². The first-order valence-electron chi connectivity index (χ1n) is 7.82. The topological polar surface area (TPSA) is 87.9 Å². The summed E-state index contributed by atoms with van der Waals surface area (Å²) in [6.45, 7) is 3.78. The normalized spacial score (nSPS) is 10.4. The molecule has 0 bridgehead atoms. The minimum Gasteiger partial charge on any atom is -0.491 e. The van der Waals surface area contributed by atoms with Crippen LogP contribution in [0.5, 0.6) is 17.2 Å². The lowest BCUT2D eigenvalue weighted by Crippen LogP contribution is -2.13. The molecule has 2 aromatic rings. The molecular formula is C19H21NO5. The van der Waals surface area contributed by atoms with E-state index in [1.54, 1.807) is 42.5 Å². The van der Waals surface area contributed by atoms with E-state index >= 15 is 0 Å². The Hall–Kier alpha value is -3.02. The van der Waals surface area contributed by atoms with Crippen LogP contribution < -0.4 is 15.2 Å². The highest BCUT2D eigenvalue weighted by Gasteiger charge is 2.12. The summed E-state index contributed by atoms with van der Waals surface area (Å²) in [5, 5.41) is 0. The molecule has 0 heterocycles. The van der Waals surface area contributed by atoms with Gasteiger partial charge in [0.2, 0.25) is 5.91 Å². The van der Waals surface area contributed by atoms with E-state index in [4.69, 9.17) is 19.9 Å². The van der Waals surface area contributed by atoms with Crippen molar-refractivity contribution in [1.82, 2.24) is 0 Å². The van der Waals surface area contributed by atoms with Crippen LogP contribution in [0, 0.1) is 0 Å². The van der Waals surface area contributed by atoms with Crippen molar-refractivity contribution in [2.24, 2.45) is 5.73 Å². The molecule has 0 atom stereocenters. The van der Waals surface area contributed by atoms with Gasteiger partial charge in [-0.3, -0.25) is 4.79 Å². The Labute approximate surface area is 146 Å². The molecule has 0 unspecified atom stereocenters. The Morgan fingerprint density at radius 3 is 2.20 bits per heavy atom. The Kier molecular flexibility index (Phi) is 6.00.